The Bertz CT molecular complexity index is 970. The molecule has 29 heavy (non-hydrogen) atoms. The Labute approximate surface area is 173 Å². The molecular formula is C23H29NO4S. The summed E-state index contributed by atoms with van der Waals surface area (Å²) in [5, 5.41) is 9.55. The number of sulfonamides is 1. The van der Waals surface area contributed by atoms with E-state index in [1.165, 1.54) is 10.4 Å². The number of nitrogens with zero attached hydrogens (tertiary/aromatic N) is 1. The summed E-state index contributed by atoms with van der Waals surface area (Å²) in [6, 6.07) is 14.5. The molecule has 0 spiro atoms. The summed E-state index contributed by atoms with van der Waals surface area (Å²) in [5.41, 5.74) is 2.27. The van der Waals surface area contributed by atoms with Gasteiger partial charge in [0, 0.05) is 13.1 Å². The molecule has 0 atom stereocenters. The first-order chi connectivity index (χ1) is 13.6. The second kappa shape index (κ2) is 8.28. The van der Waals surface area contributed by atoms with Gasteiger partial charge in [-0.05, 0) is 53.0 Å². The average Bonchev–Trinajstić information content (AvgIpc) is 2.67. The number of carbonyl (C=O) groups is 1. The van der Waals surface area contributed by atoms with Crippen molar-refractivity contribution in [2.24, 2.45) is 11.3 Å². The van der Waals surface area contributed by atoms with Crippen molar-refractivity contribution >= 4 is 16.0 Å². The average molecular weight is 416 g/mol. The Morgan fingerprint density at radius 1 is 1.03 bits per heavy atom. The van der Waals surface area contributed by atoms with Crippen LogP contribution >= 0.6 is 0 Å². The summed E-state index contributed by atoms with van der Waals surface area (Å²) in [6.07, 6.45) is 1.66. The smallest absolute Gasteiger partial charge is 0.335 e. The van der Waals surface area contributed by atoms with E-state index in [0.717, 1.165) is 24.0 Å². The van der Waals surface area contributed by atoms with Crippen molar-refractivity contribution in [3.05, 3.63) is 59.7 Å². The molecule has 0 radical (unpaired) electrons. The van der Waals surface area contributed by atoms with E-state index in [2.05, 4.69) is 20.8 Å². The van der Waals surface area contributed by atoms with Crippen molar-refractivity contribution in [2.45, 2.75) is 39.4 Å². The summed E-state index contributed by atoms with van der Waals surface area (Å²) < 4.78 is 27.7. The van der Waals surface area contributed by atoms with Gasteiger partial charge in [-0.2, -0.15) is 0 Å². The number of hydrogen-bond donors (Lipinski definition) is 1. The van der Waals surface area contributed by atoms with Gasteiger partial charge in [0.25, 0.3) is 0 Å². The molecule has 6 heteroatoms. The molecule has 0 unspecified atom stereocenters. The summed E-state index contributed by atoms with van der Waals surface area (Å²) in [7, 11) is -3.59. The maximum atomic E-state index is 13.1. The van der Waals surface area contributed by atoms with E-state index in [4.69, 9.17) is 0 Å². The molecule has 1 saturated heterocycles. The molecule has 1 heterocycles. The Kier molecular flexibility index (Phi) is 6.15. The van der Waals surface area contributed by atoms with E-state index in [0.29, 0.717) is 24.6 Å². The molecule has 0 aliphatic carbocycles. The molecule has 2 aromatic rings. The standard InChI is InChI=1S/C23H29NO4S/c1-23(2,3)20-11-13-24(14-12-20)29(27,28)16-19-15-18(9-10-21(19)22(25)26)17-7-5-4-6-8-17/h4-10,15,20H,11-14,16H2,1-3H3,(H,25,26). The second-order valence-electron chi connectivity index (χ2n) is 8.84. The van der Waals surface area contributed by atoms with Crippen LogP contribution in [0.5, 0.6) is 0 Å². The minimum absolute atomic E-state index is 0.0397. The van der Waals surface area contributed by atoms with Gasteiger partial charge in [-0.3, -0.25) is 0 Å². The van der Waals surface area contributed by atoms with Crippen molar-refractivity contribution in [2.75, 3.05) is 13.1 Å². The van der Waals surface area contributed by atoms with Crippen LogP contribution in [0.1, 0.15) is 49.5 Å². The van der Waals surface area contributed by atoms with Crippen LogP contribution in [-0.2, 0) is 15.8 Å². The molecule has 156 valence electrons. The zero-order valence-electron chi connectivity index (χ0n) is 17.3. The van der Waals surface area contributed by atoms with E-state index < -0.39 is 16.0 Å². The third-order valence-corrected chi connectivity index (χ3v) is 7.68. The van der Waals surface area contributed by atoms with Crippen LogP contribution in [-0.4, -0.2) is 36.9 Å². The fraction of sp³-hybridized carbons (Fsp3) is 0.435. The monoisotopic (exact) mass is 415 g/mol. The fourth-order valence-corrected chi connectivity index (χ4v) is 5.60. The summed E-state index contributed by atoms with van der Waals surface area (Å²) >= 11 is 0. The van der Waals surface area contributed by atoms with E-state index in [-0.39, 0.29) is 16.7 Å². The van der Waals surface area contributed by atoms with Crippen LogP contribution in [0.15, 0.2) is 48.5 Å². The van der Waals surface area contributed by atoms with Crippen molar-refractivity contribution in [3.8, 4) is 11.1 Å². The maximum Gasteiger partial charge on any atom is 0.335 e. The molecule has 3 rings (SSSR count). The van der Waals surface area contributed by atoms with Crippen LogP contribution in [0.2, 0.25) is 0 Å². The maximum absolute atomic E-state index is 13.1. The van der Waals surface area contributed by atoms with E-state index >= 15 is 0 Å². The highest BCUT2D eigenvalue weighted by molar-refractivity contribution is 7.88. The van der Waals surface area contributed by atoms with Crippen LogP contribution in [0.25, 0.3) is 11.1 Å². The van der Waals surface area contributed by atoms with Gasteiger partial charge in [0.05, 0.1) is 11.3 Å². The van der Waals surface area contributed by atoms with Crippen molar-refractivity contribution in [3.63, 3.8) is 0 Å². The highest BCUT2D eigenvalue weighted by Gasteiger charge is 2.33. The van der Waals surface area contributed by atoms with Crippen LogP contribution in [0.4, 0.5) is 0 Å². The quantitative estimate of drug-likeness (QED) is 0.772. The summed E-state index contributed by atoms with van der Waals surface area (Å²) in [5.74, 6) is -0.915. The first kappa shape index (κ1) is 21.5. The van der Waals surface area contributed by atoms with E-state index in [1.54, 1.807) is 12.1 Å². The molecular weight excluding hydrogens is 386 g/mol. The zero-order chi connectivity index (χ0) is 21.2. The molecule has 2 aromatic carbocycles. The number of aromatic carboxylic acids is 1. The largest absolute Gasteiger partial charge is 0.478 e. The van der Waals surface area contributed by atoms with Gasteiger partial charge >= 0.3 is 5.97 Å². The summed E-state index contributed by atoms with van der Waals surface area (Å²) in [4.78, 5) is 11.7. The number of piperidine rings is 1. The third kappa shape index (κ3) is 5.06. The van der Waals surface area contributed by atoms with Gasteiger partial charge in [0.15, 0.2) is 0 Å². The van der Waals surface area contributed by atoms with Gasteiger partial charge in [-0.1, -0.05) is 57.2 Å². The lowest BCUT2D eigenvalue weighted by Crippen LogP contribution is -2.41. The van der Waals surface area contributed by atoms with Crippen molar-refractivity contribution < 1.29 is 18.3 Å². The molecule has 1 N–H and O–H groups in total. The lowest BCUT2D eigenvalue weighted by molar-refractivity contribution is 0.0696. The number of carboxylic acids is 1. The highest BCUT2D eigenvalue weighted by atomic mass is 32.2. The first-order valence-corrected chi connectivity index (χ1v) is 11.6. The Balaban J connectivity index is 1.85. The predicted octanol–water partition coefficient (Wildman–Crippen LogP) is 4.64. The zero-order valence-corrected chi connectivity index (χ0v) is 18.1. The minimum Gasteiger partial charge on any atom is -0.478 e. The normalized spacial score (nSPS) is 16.7. The second-order valence-corrected chi connectivity index (χ2v) is 10.8. The van der Waals surface area contributed by atoms with Gasteiger partial charge in [0.1, 0.15) is 0 Å². The third-order valence-electron chi connectivity index (χ3n) is 5.85. The van der Waals surface area contributed by atoms with E-state index in [1.807, 2.05) is 30.3 Å². The highest BCUT2D eigenvalue weighted by Crippen LogP contribution is 2.35. The minimum atomic E-state index is -3.59. The van der Waals surface area contributed by atoms with E-state index in [9.17, 15) is 18.3 Å². The van der Waals surface area contributed by atoms with Crippen LogP contribution < -0.4 is 0 Å². The Morgan fingerprint density at radius 2 is 1.66 bits per heavy atom. The Morgan fingerprint density at radius 3 is 2.21 bits per heavy atom. The number of benzene rings is 2. The van der Waals surface area contributed by atoms with Gasteiger partial charge < -0.3 is 5.11 Å². The number of carboxylic acid groups (broad SMARTS) is 1. The van der Waals surface area contributed by atoms with Crippen molar-refractivity contribution in [1.82, 2.24) is 4.31 Å². The van der Waals surface area contributed by atoms with Gasteiger partial charge in [-0.25, -0.2) is 17.5 Å². The molecule has 1 aliphatic rings. The Hall–Kier alpha value is -2.18. The van der Waals surface area contributed by atoms with Crippen LogP contribution in [0.3, 0.4) is 0 Å². The first-order valence-electron chi connectivity index (χ1n) is 9.97. The van der Waals surface area contributed by atoms with Gasteiger partial charge in [0.2, 0.25) is 10.0 Å². The molecule has 0 saturated carbocycles. The number of hydrogen-bond acceptors (Lipinski definition) is 3. The fourth-order valence-electron chi connectivity index (χ4n) is 4.02. The molecule has 5 nitrogen and oxygen atoms in total. The molecule has 0 amide bonds. The SMILES string of the molecule is CC(C)(C)C1CCN(S(=O)(=O)Cc2cc(-c3ccccc3)ccc2C(=O)O)CC1. The summed E-state index contributed by atoms with van der Waals surface area (Å²) in [6.45, 7) is 7.55. The predicted molar refractivity (Wildman–Crippen MR) is 115 cm³/mol. The number of rotatable bonds is 5. The van der Waals surface area contributed by atoms with Gasteiger partial charge in [-0.15, -0.1) is 0 Å². The van der Waals surface area contributed by atoms with Crippen LogP contribution in [0, 0.1) is 11.3 Å². The van der Waals surface area contributed by atoms with Crippen molar-refractivity contribution in [1.29, 1.82) is 0 Å². The molecule has 1 fully saturated rings. The topological polar surface area (TPSA) is 74.7 Å². The molecule has 0 aromatic heterocycles. The lowest BCUT2D eigenvalue weighted by Gasteiger charge is -2.38. The lowest BCUT2D eigenvalue weighted by atomic mass is 9.76. The molecule has 1 aliphatic heterocycles. The molecule has 0 bridgehead atoms.